The molecule has 6 heteroatoms. The predicted octanol–water partition coefficient (Wildman–Crippen LogP) is 1.87. The maximum absolute atomic E-state index is 12.0. The van der Waals surface area contributed by atoms with Crippen molar-refractivity contribution in [3.05, 3.63) is 23.8 Å². The summed E-state index contributed by atoms with van der Waals surface area (Å²) in [6.45, 7) is 2.52. The number of hydrogen-bond donors (Lipinski definition) is 1. The first-order chi connectivity index (χ1) is 10.0. The summed E-state index contributed by atoms with van der Waals surface area (Å²) in [5.41, 5.74) is 0.976. The number of amides is 1. The molecule has 0 bridgehead atoms. The van der Waals surface area contributed by atoms with Crippen molar-refractivity contribution in [2.75, 3.05) is 18.1 Å². The van der Waals surface area contributed by atoms with E-state index in [0.29, 0.717) is 23.5 Å². The Morgan fingerprint density at radius 3 is 2.76 bits per heavy atom. The van der Waals surface area contributed by atoms with E-state index in [1.54, 1.807) is 23.1 Å². The van der Waals surface area contributed by atoms with E-state index in [4.69, 9.17) is 9.84 Å². The standard InChI is InChI=1S/C15H17NO5/c1-2-7-16-11-8-10(12(17)4-6-15(19)20)3-5-13(11)21-9-14(16)18/h3,5,8H,2,4,6-7,9H2,1H3,(H,19,20). The number of hydrogen-bond acceptors (Lipinski definition) is 4. The molecule has 2 rings (SSSR count). The molecule has 112 valence electrons. The lowest BCUT2D eigenvalue weighted by atomic mass is 10.0. The molecule has 0 atom stereocenters. The Morgan fingerprint density at radius 2 is 2.10 bits per heavy atom. The number of rotatable bonds is 6. The molecule has 1 aliphatic rings. The minimum absolute atomic E-state index is 0.000687. The summed E-state index contributed by atoms with van der Waals surface area (Å²) in [6, 6.07) is 4.85. The summed E-state index contributed by atoms with van der Waals surface area (Å²) in [4.78, 5) is 36.0. The third-order valence-corrected chi connectivity index (χ3v) is 3.24. The number of ketones is 1. The van der Waals surface area contributed by atoms with Crippen LogP contribution < -0.4 is 9.64 Å². The van der Waals surface area contributed by atoms with Gasteiger partial charge in [-0.3, -0.25) is 14.4 Å². The second-order valence-electron chi connectivity index (χ2n) is 4.83. The van der Waals surface area contributed by atoms with E-state index in [2.05, 4.69) is 0 Å². The van der Waals surface area contributed by atoms with E-state index in [1.807, 2.05) is 6.92 Å². The first-order valence-corrected chi connectivity index (χ1v) is 6.85. The Kier molecular flexibility index (Phi) is 4.57. The smallest absolute Gasteiger partial charge is 0.303 e. The molecular weight excluding hydrogens is 274 g/mol. The fourth-order valence-electron chi connectivity index (χ4n) is 2.21. The highest BCUT2D eigenvalue weighted by atomic mass is 16.5. The van der Waals surface area contributed by atoms with Crippen LogP contribution in [0, 0.1) is 0 Å². The summed E-state index contributed by atoms with van der Waals surface area (Å²) in [5.74, 6) is -0.834. The minimum atomic E-state index is -1.01. The van der Waals surface area contributed by atoms with Crippen molar-refractivity contribution >= 4 is 23.3 Å². The number of fused-ring (bicyclic) bond motifs is 1. The third kappa shape index (κ3) is 3.39. The van der Waals surface area contributed by atoms with Crippen LogP contribution >= 0.6 is 0 Å². The van der Waals surface area contributed by atoms with Crippen molar-refractivity contribution in [1.29, 1.82) is 0 Å². The lowest BCUT2D eigenvalue weighted by Gasteiger charge is -2.29. The van der Waals surface area contributed by atoms with Crippen molar-refractivity contribution in [2.24, 2.45) is 0 Å². The summed E-state index contributed by atoms with van der Waals surface area (Å²) in [7, 11) is 0. The van der Waals surface area contributed by atoms with Crippen LogP contribution in [0.3, 0.4) is 0 Å². The number of carbonyl (C=O) groups is 3. The number of ether oxygens (including phenoxy) is 1. The minimum Gasteiger partial charge on any atom is -0.482 e. The van der Waals surface area contributed by atoms with Crippen molar-refractivity contribution in [2.45, 2.75) is 26.2 Å². The molecule has 0 radical (unpaired) electrons. The van der Waals surface area contributed by atoms with Gasteiger partial charge in [-0.15, -0.1) is 0 Å². The normalized spacial score (nSPS) is 13.6. The van der Waals surface area contributed by atoms with Gasteiger partial charge in [-0.05, 0) is 24.6 Å². The SMILES string of the molecule is CCCN1C(=O)COc2ccc(C(=O)CCC(=O)O)cc21. The second-order valence-corrected chi connectivity index (χ2v) is 4.83. The topological polar surface area (TPSA) is 83.9 Å². The van der Waals surface area contributed by atoms with Gasteiger partial charge >= 0.3 is 5.97 Å². The number of carboxylic acid groups (broad SMARTS) is 1. The average molecular weight is 291 g/mol. The molecule has 0 unspecified atom stereocenters. The Bertz CT molecular complexity index is 581. The molecule has 0 saturated carbocycles. The monoisotopic (exact) mass is 291 g/mol. The fourth-order valence-corrected chi connectivity index (χ4v) is 2.21. The lowest BCUT2D eigenvalue weighted by Crippen LogP contribution is -2.39. The van der Waals surface area contributed by atoms with Crippen molar-refractivity contribution in [3.8, 4) is 5.75 Å². The summed E-state index contributed by atoms with van der Waals surface area (Å²) in [5, 5.41) is 8.62. The highest BCUT2D eigenvalue weighted by Crippen LogP contribution is 2.33. The van der Waals surface area contributed by atoms with E-state index >= 15 is 0 Å². The molecule has 1 aromatic carbocycles. The number of benzene rings is 1. The number of Topliss-reactive ketones (excluding diaryl/α,β-unsaturated/α-hetero) is 1. The second kappa shape index (κ2) is 6.39. The lowest BCUT2D eigenvalue weighted by molar-refractivity contribution is -0.137. The highest BCUT2D eigenvalue weighted by molar-refractivity contribution is 6.02. The molecule has 0 aliphatic carbocycles. The molecule has 6 nitrogen and oxygen atoms in total. The maximum atomic E-state index is 12.0. The molecular formula is C15H17NO5. The van der Waals surface area contributed by atoms with E-state index < -0.39 is 5.97 Å². The summed E-state index contributed by atoms with van der Waals surface area (Å²) in [6.07, 6.45) is 0.531. The first-order valence-electron chi connectivity index (χ1n) is 6.85. The van der Waals surface area contributed by atoms with Gasteiger partial charge in [-0.25, -0.2) is 0 Å². The largest absolute Gasteiger partial charge is 0.482 e. The van der Waals surface area contributed by atoms with Crippen LogP contribution in [0.15, 0.2) is 18.2 Å². The van der Waals surface area contributed by atoms with Crippen LogP contribution in [-0.2, 0) is 9.59 Å². The van der Waals surface area contributed by atoms with Gasteiger partial charge in [0.05, 0.1) is 12.1 Å². The Morgan fingerprint density at radius 1 is 1.33 bits per heavy atom. The van der Waals surface area contributed by atoms with Gasteiger partial charge in [-0.1, -0.05) is 6.92 Å². The molecule has 1 amide bonds. The Hall–Kier alpha value is -2.37. The molecule has 1 aliphatic heterocycles. The highest BCUT2D eigenvalue weighted by Gasteiger charge is 2.25. The number of carboxylic acids is 1. The molecule has 1 aromatic rings. The van der Waals surface area contributed by atoms with Crippen LogP contribution in [0.1, 0.15) is 36.5 Å². The third-order valence-electron chi connectivity index (χ3n) is 3.24. The van der Waals surface area contributed by atoms with Gasteiger partial charge in [0.1, 0.15) is 5.75 Å². The molecule has 0 fully saturated rings. The van der Waals surface area contributed by atoms with Crippen LogP contribution in [0.4, 0.5) is 5.69 Å². The van der Waals surface area contributed by atoms with E-state index in [-0.39, 0.29) is 31.1 Å². The molecule has 0 saturated heterocycles. The average Bonchev–Trinajstić information content (AvgIpc) is 2.47. The van der Waals surface area contributed by atoms with Crippen LogP contribution in [0.25, 0.3) is 0 Å². The number of carbonyl (C=O) groups excluding carboxylic acids is 2. The van der Waals surface area contributed by atoms with Gasteiger partial charge in [0.25, 0.3) is 5.91 Å². The van der Waals surface area contributed by atoms with E-state index in [1.165, 1.54) is 0 Å². The number of aliphatic carboxylic acids is 1. The van der Waals surface area contributed by atoms with Gasteiger partial charge in [0.15, 0.2) is 12.4 Å². The van der Waals surface area contributed by atoms with Crippen LogP contribution in [0.5, 0.6) is 5.75 Å². The van der Waals surface area contributed by atoms with Crippen LogP contribution in [-0.4, -0.2) is 35.9 Å². The molecule has 0 aromatic heterocycles. The zero-order chi connectivity index (χ0) is 15.4. The molecule has 1 heterocycles. The summed E-state index contributed by atoms with van der Waals surface area (Å²) < 4.78 is 5.35. The number of anilines is 1. The Balaban J connectivity index is 2.25. The predicted molar refractivity (Wildman–Crippen MR) is 75.8 cm³/mol. The van der Waals surface area contributed by atoms with Gasteiger partial charge < -0.3 is 14.7 Å². The van der Waals surface area contributed by atoms with Crippen molar-refractivity contribution in [1.82, 2.24) is 0 Å². The number of nitrogens with zero attached hydrogens (tertiary/aromatic N) is 1. The van der Waals surface area contributed by atoms with Gasteiger partial charge in [0, 0.05) is 18.5 Å². The van der Waals surface area contributed by atoms with E-state index in [0.717, 1.165) is 6.42 Å². The zero-order valence-electron chi connectivity index (χ0n) is 11.8. The molecule has 1 N–H and O–H groups in total. The quantitative estimate of drug-likeness (QED) is 0.809. The fraction of sp³-hybridized carbons (Fsp3) is 0.400. The molecule has 0 spiro atoms. The van der Waals surface area contributed by atoms with Crippen molar-refractivity contribution in [3.63, 3.8) is 0 Å². The van der Waals surface area contributed by atoms with Gasteiger partial charge in [0.2, 0.25) is 0 Å². The summed E-state index contributed by atoms with van der Waals surface area (Å²) >= 11 is 0. The Labute approximate surface area is 122 Å². The first kappa shape index (κ1) is 15.0. The van der Waals surface area contributed by atoms with Gasteiger partial charge in [-0.2, -0.15) is 0 Å². The van der Waals surface area contributed by atoms with Crippen LogP contribution in [0.2, 0.25) is 0 Å². The van der Waals surface area contributed by atoms with Crippen molar-refractivity contribution < 1.29 is 24.2 Å². The maximum Gasteiger partial charge on any atom is 0.303 e. The van der Waals surface area contributed by atoms with E-state index in [9.17, 15) is 14.4 Å². The zero-order valence-corrected chi connectivity index (χ0v) is 11.8. The molecule has 21 heavy (non-hydrogen) atoms.